The van der Waals surface area contributed by atoms with E-state index >= 15 is 0 Å². The van der Waals surface area contributed by atoms with Gasteiger partial charge in [-0.1, -0.05) is 0 Å². The number of carboxylic acid groups (broad SMARTS) is 1. The molecule has 0 saturated carbocycles. The van der Waals surface area contributed by atoms with Crippen molar-refractivity contribution in [1.82, 2.24) is 0 Å². The van der Waals surface area contributed by atoms with E-state index in [-0.39, 0.29) is 12.5 Å². The Morgan fingerprint density at radius 3 is 3.22 bits per heavy atom. The number of nitrogens with zero attached hydrogens (tertiary/aromatic N) is 1. The average Bonchev–Trinajstić information content (AvgIpc) is 2.95. The number of fused-ring (bicyclic) bond motifs is 1. The molecule has 2 heterocycles. The molecule has 4 heteroatoms. The fourth-order valence-corrected chi connectivity index (χ4v) is 2.94. The summed E-state index contributed by atoms with van der Waals surface area (Å²) in [7, 11) is 0. The number of hydrogen-bond acceptors (Lipinski definition) is 3. The van der Waals surface area contributed by atoms with Crippen LogP contribution in [0.1, 0.15) is 24.8 Å². The number of ether oxygens (including phenoxy) is 1. The Hall–Kier alpha value is -1.71. The van der Waals surface area contributed by atoms with Gasteiger partial charge in [-0.15, -0.1) is 0 Å². The van der Waals surface area contributed by atoms with Gasteiger partial charge in [-0.3, -0.25) is 4.79 Å². The summed E-state index contributed by atoms with van der Waals surface area (Å²) in [5.74, 6) is 0.268. The van der Waals surface area contributed by atoms with Gasteiger partial charge in [-0.2, -0.15) is 0 Å². The minimum absolute atomic E-state index is 0.142. The predicted octanol–water partition coefficient (Wildman–Crippen LogP) is 2.07. The van der Waals surface area contributed by atoms with Crippen molar-refractivity contribution in [3.05, 3.63) is 23.8 Å². The smallest absolute Gasteiger partial charge is 0.305 e. The highest BCUT2D eigenvalue weighted by molar-refractivity contribution is 5.69. The molecule has 1 atom stereocenters. The Bertz CT molecular complexity index is 472. The van der Waals surface area contributed by atoms with Crippen LogP contribution >= 0.6 is 0 Å². The number of carbonyl (C=O) groups is 1. The zero-order chi connectivity index (χ0) is 12.5. The van der Waals surface area contributed by atoms with Crippen LogP contribution in [0.3, 0.4) is 0 Å². The summed E-state index contributed by atoms with van der Waals surface area (Å²) in [6.07, 6.45) is 3.24. The molecule has 1 unspecified atom stereocenters. The number of hydrogen-bond donors (Lipinski definition) is 1. The predicted molar refractivity (Wildman–Crippen MR) is 68.3 cm³/mol. The third-order valence-electron chi connectivity index (χ3n) is 3.79. The molecule has 3 rings (SSSR count). The van der Waals surface area contributed by atoms with Gasteiger partial charge in [0.1, 0.15) is 5.75 Å². The zero-order valence-electron chi connectivity index (χ0n) is 10.3. The molecular formula is C14H17NO3. The molecular weight excluding hydrogens is 230 g/mol. The molecule has 18 heavy (non-hydrogen) atoms. The second-order valence-corrected chi connectivity index (χ2v) is 4.98. The maximum Gasteiger partial charge on any atom is 0.305 e. The quantitative estimate of drug-likeness (QED) is 0.888. The maximum absolute atomic E-state index is 10.9. The summed E-state index contributed by atoms with van der Waals surface area (Å²) >= 11 is 0. The minimum Gasteiger partial charge on any atom is -0.493 e. The standard InChI is InChI=1S/C14H17NO3/c16-14(17)9-11-2-1-6-15(11)12-3-4-13-10(8-12)5-7-18-13/h3-4,8,11H,1-2,5-7,9H2,(H,16,17). The fourth-order valence-electron chi connectivity index (χ4n) is 2.94. The first-order chi connectivity index (χ1) is 8.74. The molecule has 1 aromatic rings. The normalized spacial score (nSPS) is 21.8. The third-order valence-corrected chi connectivity index (χ3v) is 3.79. The summed E-state index contributed by atoms with van der Waals surface area (Å²) in [4.78, 5) is 13.1. The molecule has 4 nitrogen and oxygen atoms in total. The molecule has 1 N–H and O–H groups in total. The van der Waals surface area contributed by atoms with E-state index in [4.69, 9.17) is 9.84 Å². The Morgan fingerprint density at radius 2 is 2.39 bits per heavy atom. The lowest BCUT2D eigenvalue weighted by Crippen LogP contribution is -2.31. The molecule has 0 radical (unpaired) electrons. The van der Waals surface area contributed by atoms with Crippen molar-refractivity contribution in [2.45, 2.75) is 31.7 Å². The van der Waals surface area contributed by atoms with Gasteiger partial charge in [0.05, 0.1) is 13.0 Å². The molecule has 96 valence electrons. The number of benzene rings is 1. The summed E-state index contributed by atoms with van der Waals surface area (Å²) in [5, 5.41) is 8.95. The molecule has 1 fully saturated rings. The molecule has 0 spiro atoms. The van der Waals surface area contributed by atoms with E-state index < -0.39 is 5.97 Å². The lowest BCUT2D eigenvalue weighted by atomic mass is 10.1. The van der Waals surface area contributed by atoms with Crippen molar-refractivity contribution in [3.63, 3.8) is 0 Å². The van der Waals surface area contributed by atoms with Crippen LogP contribution in [0.15, 0.2) is 18.2 Å². The van der Waals surface area contributed by atoms with Crippen molar-refractivity contribution in [2.24, 2.45) is 0 Å². The number of carboxylic acids is 1. The first-order valence-corrected chi connectivity index (χ1v) is 6.48. The summed E-state index contributed by atoms with van der Waals surface area (Å²) < 4.78 is 5.49. The van der Waals surface area contributed by atoms with Gasteiger partial charge < -0.3 is 14.7 Å². The van der Waals surface area contributed by atoms with Crippen LogP contribution in [0.5, 0.6) is 5.75 Å². The first kappa shape index (κ1) is 11.4. The summed E-state index contributed by atoms with van der Waals surface area (Å²) in [6.45, 7) is 1.72. The van der Waals surface area contributed by atoms with Crippen molar-refractivity contribution in [3.8, 4) is 5.75 Å². The van der Waals surface area contributed by atoms with E-state index in [1.165, 1.54) is 5.56 Å². The molecule has 1 aromatic carbocycles. The van der Waals surface area contributed by atoms with Crippen LogP contribution in [0.25, 0.3) is 0 Å². The van der Waals surface area contributed by atoms with E-state index in [1.807, 2.05) is 12.1 Å². The SMILES string of the molecule is O=C(O)CC1CCCN1c1ccc2c(c1)CCO2. The van der Waals surface area contributed by atoms with Gasteiger partial charge in [0.25, 0.3) is 0 Å². The van der Waals surface area contributed by atoms with Gasteiger partial charge in [0.2, 0.25) is 0 Å². The third kappa shape index (κ3) is 2.03. The maximum atomic E-state index is 10.9. The second-order valence-electron chi connectivity index (χ2n) is 4.98. The Kier molecular flexibility index (Phi) is 2.86. The van der Waals surface area contributed by atoms with Crippen molar-refractivity contribution >= 4 is 11.7 Å². The topological polar surface area (TPSA) is 49.8 Å². The molecule has 2 aliphatic heterocycles. The Balaban J connectivity index is 1.83. The lowest BCUT2D eigenvalue weighted by molar-refractivity contribution is -0.137. The van der Waals surface area contributed by atoms with Crippen molar-refractivity contribution in [1.29, 1.82) is 0 Å². The Labute approximate surface area is 106 Å². The monoisotopic (exact) mass is 247 g/mol. The van der Waals surface area contributed by atoms with Gasteiger partial charge in [0.15, 0.2) is 0 Å². The molecule has 0 aliphatic carbocycles. The fraction of sp³-hybridized carbons (Fsp3) is 0.500. The van der Waals surface area contributed by atoms with Crippen molar-refractivity contribution < 1.29 is 14.6 Å². The van der Waals surface area contributed by atoms with Gasteiger partial charge in [-0.25, -0.2) is 0 Å². The number of aliphatic carboxylic acids is 1. The molecule has 1 saturated heterocycles. The molecule has 2 aliphatic rings. The van der Waals surface area contributed by atoms with Gasteiger partial charge in [-0.05, 0) is 36.6 Å². The van der Waals surface area contributed by atoms with E-state index in [9.17, 15) is 4.79 Å². The van der Waals surface area contributed by atoms with Crippen molar-refractivity contribution in [2.75, 3.05) is 18.1 Å². The van der Waals surface area contributed by atoms with Crippen LogP contribution in [0, 0.1) is 0 Å². The zero-order valence-corrected chi connectivity index (χ0v) is 10.3. The number of anilines is 1. The van der Waals surface area contributed by atoms with E-state index in [1.54, 1.807) is 0 Å². The number of rotatable bonds is 3. The lowest BCUT2D eigenvalue weighted by Gasteiger charge is -2.26. The van der Waals surface area contributed by atoms with Crippen LogP contribution in [0.2, 0.25) is 0 Å². The average molecular weight is 247 g/mol. The first-order valence-electron chi connectivity index (χ1n) is 6.48. The van der Waals surface area contributed by atoms with Gasteiger partial charge in [0, 0.05) is 24.7 Å². The minimum atomic E-state index is -0.712. The van der Waals surface area contributed by atoms with E-state index in [2.05, 4.69) is 11.0 Å². The summed E-state index contributed by atoms with van der Waals surface area (Å²) in [6, 6.07) is 6.35. The second kappa shape index (κ2) is 4.52. The largest absolute Gasteiger partial charge is 0.493 e. The summed E-state index contributed by atoms with van der Waals surface area (Å²) in [5.41, 5.74) is 2.39. The van der Waals surface area contributed by atoms with E-state index in [0.717, 1.165) is 43.9 Å². The highest BCUT2D eigenvalue weighted by Gasteiger charge is 2.27. The molecule has 0 aromatic heterocycles. The highest BCUT2D eigenvalue weighted by Crippen LogP contribution is 2.33. The Morgan fingerprint density at radius 1 is 1.50 bits per heavy atom. The van der Waals surface area contributed by atoms with Crippen LogP contribution in [0.4, 0.5) is 5.69 Å². The molecule has 0 amide bonds. The highest BCUT2D eigenvalue weighted by atomic mass is 16.5. The van der Waals surface area contributed by atoms with Crippen LogP contribution in [-0.2, 0) is 11.2 Å². The van der Waals surface area contributed by atoms with Crippen LogP contribution < -0.4 is 9.64 Å². The van der Waals surface area contributed by atoms with Crippen LogP contribution in [-0.4, -0.2) is 30.3 Å². The molecule has 0 bridgehead atoms. The van der Waals surface area contributed by atoms with E-state index in [0.29, 0.717) is 0 Å². The van der Waals surface area contributed by atoms with Gasteiger partial charge >= 0.3 is 5.97 Å².